The highest BCUT2D eigenvalue weighted by atomic mass is 35.6. The minimum Gasteiger partial charge on any atom is -0.203 e. The summed E-state index contributed by atoms with van der Waals surface area (Å²) in [5, 5.41) is 0. The first-order valence-corrected chi connectivity index (χ1v) is 9.41. The summed E-state index contributed by atoms with van der Waals surface area (Å²) in [5.74, 6) is -48.5. The van der Waals surface area contributed by atoms with Crippen LogP contribution in [0.3, 0.4) is 0 Å². The van der Waals surface area contributed by atoms with Crippen molar-refractivity contribution in [1.29, 1.82) is 0 Å². The second-order valence-electron chi connectivity index (χ2n) is 5.32. The highest BCUT2D eigenvalue weighted by Crippen LogP contribution is 2.62. The van der Waals surface area contributed by atoms with Gasteiger partial charge in [0.25, 0.3) is 0 Å². The van der Waals surface area contributed by atoms with Crippen molar-refractivity contribution in [3.63, 3.8) is 0 Å². The Balaban J connectivity index is 4.00. The van der Waals surface area contributed by atoms with Crippen LogP contribution in [0.2, 0.25) is 0 Å². The number of rotatable bonds is 4. The van der Waals surface area contributed by atoms with Crippen LogP contribution in [-0.4, -0.2) is 30.5 Å². The van der Waals surface area contributed by atoms with Gasteiger partial charge in [0.1, 0.15) is 5.56 Å². The smallest absolute Gasteiger partial charge is 0.203 e. The van der Waals surface area contributed by atoms with E-state index < -0.39 is 71.0 Å². The summed E-state index contributed by atoms with van der Waals surface area (Å²) in [6, 6.07) is 0. The fourth-order valence-electron chi connectivity index (χ4n) is 1.97. The molecule has 1 aromatic rings. The lowest BCUT2D eigenvalue weighted by atomic mass is 10.00. The maximum atomic E-state index is 13.8. The SMILES string of the molecule is Fc1c(F)c(F)c(C(F)(F)C(F)(F)C(F)(F)[Si](Cl)(C(F)(F)F)C(F)(F)F)c(F)c1F. The summed E-state index contributed by atoms with van der Waals surface area (Å²) < 4.78 is 223. The first-order valence-electron chi connectivity index (χ1n) is 6.40. The third-order valence-corrected chi connectivity index (χ3v) is 8.27. The normalized spacial score (nSPS) is 15.0. The van der Waals surface area contributed by atoms with E-state index in [0.29, 0.717) is 0 Å². The van der Waals surface area contributed by atoms with Gasteiger partial charge in [0.05, 0.1) is 0 Å². The Morgan fingerprint density at radius 1 is 0.500 bits per heavy atom. The van der Waals surface area contributed by atoms with Gasteiger partial charge in [-0.05, 0) is 0 Å². The van der Waals surface area contributed by atoms with E-state index >= 15 is 0 Å². The van der Waals surface area contributed by atoms with Gasteiger partial charge in [0, 0.05) is 0 Å². The molecule has 0 aliphatic rings. The zero-order valence-corrected chi connectivity index (χ0v) is 14.6. The van der Waals surface area contributed by atoms with Crippen molar-refractivity contribution in [2.75, 3.05) is 0 Å². The summed E-state index contributed by atoms with van der Waals surface area (Å²) in [6.07, 6.45) is 0. The molecule has 0 saturated heterocycles. The molecule has 1 rings (SSSR count). The van der Waals surface area contributed by atoms with Gasteiger partial charge in [-0.2, -0.15) is 43.9 Å². The third kappa shape index (κ3) is 3.20. The van der Waals surface area contributed by atoms with Crippen LogP contribution in [0.4, 0.5) is 74.6 Å². The van der Waals surface area contributed by atoms with Crippen LogP contribution in [0.15, 0.2) is 0 Å². The minimum absolute atomic E-state index is 3.27. The van der Waals surface area contributed by atoms with Gasteiger partial charge in [-0.1, -0.05) is 0 Å². The Bertz CT molecular complexity index is 795. The minimum atomic E-state index is -9.43. The van der Waals surface area contributed by atoms with E-state index in [4.69, 9.17) is 0 Å². The summed E-state index contributed by atoms with van der Waals surface area (Å²) >= 11 is 3.76. The number of hydrogen-bond donors (Lipinski definition) is 0. The van der Waals surface area contributed by atoms with E-state index in [2.05, 4.69) is 11.1 Å². The molecule has 174 valence electrons. The maximum Gasteiger partial charge on any atom is 0.479 e. The van der Waals surface area contributed by atoms with Crippen molar-refractivity contribution in [3.8, 4) is 0 Å². The predicted molar refractivity (Wildman–Crippen MR) is 63.7 cm³/mol. The molecule has 0 unspecified atom stereocenters. The largest absolute Gasteiger partial charge is 0.479 e. The molecule has 0 atom stereocenters. The van der Waals surface area contributed by atoms with E-state index in [0.717, 1.165) is 0 Å². The molecule has 1 aromatic carbocycles. The van der Waals surface area contributed by atoms with Crippen molar-refractivity contribution in [3.05, 3.63) is 34.6 Å². The lowest BCUT2D eigenvalue weighted by molar-refractivity contribution is -0.300. The zero-order chi connectivity index (χ0) is 24.5. The van der Waals surface area contributed by atoms with Crippen LogP contribution in [0.5, 0.6) is 0 Å². The van der Waals surface area contributed by atoms with Gasteiger partial charge >= 0.3 is 36.4 Å². The van der Waals surface area contributed by atoms with Gasteiger partial charge in [0.2, 0.25) is 5.82 Å². The average molecular weight is 519 g/mol. The Morgan fingerprint density at radius 3 is 1.03 bits per heavy atom. The number of benzene rings is 1. The molecule has 0 bridgehead atoms. The van der Waals surface area contributed by atoms with Crippen LogP contribution >= 0.6 is 11.1 Å². The molecule has 0 spiro atoms. The summed E-state index contributed by atoms with van der Waals surface area (Å²) in [7, 11) is -9.43. The van der Waals surface area contributed by atoms with Crippen LogP contribution in [0.25, 0.3) is 0 Å². The Morgan fingerprint density at radius 2 is 0.767 bits per heavy atom. The molecule has 0 aliphatic heterocycles. The average Bonchev–Trinajstić information content (AvgIpc) is 2.54. The van der Waals surface area contributed by atoms with Gasteiger partial charge in [-0.25, -0.2) is 30.7 Å². The van der Waals surface area contributed by atoms with E-state index in [9.17, 15) is 74.6 Å². The fourth-order valence-corrected chi connectivity index (χ4v) is 3.95. The molecule has 0 aliphatic carbocycles. The Labute approximate surface area is 157 Å². The van der Waals surface area contributed by atoms with E-state index in [1.165, 1.54) is 0 Å². The van der Waals surface area contributed by atoms with Gasteiger partial charge in [-0.15, -0.1) is 11.1 Å². The molecule has 0 fully saturated rings. The van der Waals surface area contributed by atoms with Crippen LogP contribution in [0, 0.1) is 29.1 Å². The maximum absolute atomic E-state index is 13.8. The molecular formula is C11ClF17Si. The quantitative estimate of drug-likeness (QED) is 0.137. The number of alkyl halides is 12. The van der Waals surface area contributed by atoms with E-state index in [-0.39, 0.29) is 0 Å². The van der Waals surface area contributed by atoms with Crippen molar-refractivity contribution in [2.45, 2.75) is 29.0 Å². The van der Waals surface area contributed by atoms with Gasteiger partial charge in [0.15, 0.2) is 23.3 Å². The van der Waals surface area contributed by atoms with Crippen molar-refractivity contribution in [1.82, 2.24) is 0 Å². The molecule has 30 heavy (non-hydrogen) atoms. The van der Waals surface area contributed by atoms with Crippen molar-refractivity contribution >= 4 is 18.5 Å². The second kappa shape index (κ2) is 7.03. The molecule has 0 amide bonds. The first kappa shape index (κ1) is 26.6. The van der Waals surface area contributed by atoms with Crippen molar-refractivity contribution < 1.29 is 74.6 Å². The highest BCUT2D eigenvalue weighted by Gasteiger charge is 2.95. The van der Waals surface area contributed by atoms with Crippen LogP contribution in [-0.2, 0) is 5.92 Å². The summed E-state index contributed by atoms with van der Waals surface area (Å²) in [6.45, 7) is 0. The van der Waals surface area contributed by atoms with E-state index in [1.807, 2.05) is 0 Å². The van der Waals surface area contributed by atoms with Gasteiger partial charge in [-0.3, -0.25) is 0 Å². The lowest BCUT2D eigenvalue weighted by Gasteiger charge is -2.41. The number of halogens is 18. The number of hydrogen-bond acceptors (Lipinski definition) is 0. The summed E-state index contributed by atoms with van der Waals surface area (Å²) in [4.78, 5) is 0. The molecule has 0 radical (unpaired) electrons. The Kier molecular flexibility index (Phi) is 6.22. The molecule has 0 aromatic heterocycles. The molecule has 19 heteroatoms. The van der Waals surface area contributed by atoms with Crippen molar-refractivity contribution in [2.24, 2.45) is 0 Å². The Hall–Kier alpha value is -1.46. The topological polar surface area (TPSA) is 0 Å². The van der Waals surface area contributed by atoms with Crippen LogP contribution < -0.4 is 0 Å². The second-order valence-corrected chi connectivity index (χ2v) is 10.1. The van der Waals surface area contributed by atoms with Crippen LogP contribution in [0.1, 0.15) is 5.56 Å². The molecule has 0 N–H and O–H groups in total. The molecule has 0 heterocycles. The monoisotopic (exact) mass is 518 g/mol. The van der Waals surface area contributed by atoms with E-state index in [1.54, 1.807) is 0 Å². The zero-order valence-electron chi connectivity index (χ0n) is 12.8. The van der Waals surface area contributed by atoms with Gasteiger partial charge < -0.3 is 0 Å². The molecule has 0 saturated carbocycles. The standard InChI is InChI=1S/C11ClF17Si/c12-30(10(24,25)26,11(27,28)29)9(22,23)8(20,21)7(18,19)1-2(13)4(15)6(17)5(16)3(1)14. The lowest BCUT2D eigenvalue weighted by Crippen LogP contribution is -2.76. The molecule has 0 nitrogen and oxygen atoms in total. The first-order chi connectivity index (χ1) is 12.9. The summed E-state index contributed by atoms with van der Waals surface area (Å²) in [5.41, 5.74) is -12.1. The fraction of sp³-hybridized carbons (Fsp3) is 0.455. The third-order valence-electron chi connectivity index (χ3n) is 3.53. The highest BCUT2D eigenvalue weighted by molar-refractivity contribution is 7.23. The molecular weight excluding hydrogens is 519 g/mol. The predicted octanol–water partition coefficient (Wildman–Crippen LogP) is 6.67.